The van der Waals surface area contributed by atoms with E-state index in [0.717, 1.165) is 0 Å². The molecular weight excluding hydrogens is 256 g/mol. The van der Waals surface area contributed by atoms with Gasteiger partial charge in [-0.2, -0.15) is 0 Å². The molecule has 1 aromatic rings. The van der Waals surface area contributed by atoms with Crippen molar-refractivity contribution in [1.29, 1.82) is 0 Å². The van der Waals surface area contributed by atoms with Crippen molar-refractivity contribution in [2.75, 3.05) is 13.2 Å². The monoisotopic (exact) mass is 270 g/mol. The summed E-state index contributed by atoms with van der Waals surface area (Å²) < 4.78 is 11.0. The minimum absolute atomic E-state index is 0.135. The molecule has 0 saturated carbocycles. The Morgan fingerprint density at radius 2 is 2.44 bits per heavy atom. The Labute approximate surface area is 110 Å². The lowest BCUT2D eigenvalue weighted by molar-refractivity contribution is -0.137. The average Bonchev–Trinajstić information content (AvgIpc) is 2.66. The molecule has 2 rings (SSSR count). The van der Waals surface area contributed by atoms with Crippen molar-refractivity contribution in [2.24, 2.45) is 0 Å². The Morgan fingerprint density at radius 1 is 1.67 bits per heavy atom. The minimum atomic E-state index is -0.580. The molecule has 1 fully saturated rings. The standard InChI is InChI=1S/C12H15ClN2O3/c1-12(2)17-7-8(18-12)5-15-11(16)9-3-4-14-6-10(9)13/h3-4,6,8H,5,7H2,1-2H3,(H,15,16). The van der Waals surface area contributed by atoms with E-state index in [-0.39, 0.29) is 12.0 Å². The minimum Gasteiger partial charge on any atom is -0.349 e. The van der Waals surface area contributed by atoms with Gasteiger partial charge in [-0.25, -0.2) is 0 Å². The molecule has 0 aliphatic carbocycles. The summed E-state index contributed by atoms with van der Waals surface area (Å²) in [6, 6.07) is 1.58. The molecule has 1 aliphatic rings. The van der Waals surface area contributed by atoms with Crippen molar-refractivity contribution in [3.63, 3.8) is 0 Å². The molecule has 0 bridgehead atoms. The predicted molar refractivity (Wildman–Crippen MR) is 66.5 cm³/mol. The first kappa shape index (κ1) is 13.3. The van der Waals surface area contributed by atoms with Gasteiger partial charge in [0.05, 0.1) is 17.2 Å². The molecule has 5 nitrogen and oxygen atoms in total. The van der Waals surface area contributed by atoms with Crippen molar-refractivity contribution >= 4 is 17.5 Å². The van der Waals surface area contributed by atoms with Gasteiger partial charge in [0.15, 0.2) is 5.79 Å². The van der Waals surface area contributed by atoms with Crippen LogP contribution in [0.25, 0.3) is 0 Å². The molecular formula is C12H15ClN2O3. The van der Waals surface area contributed by atoms with E-state index < -0.39 is 5.79 Å². The van der Waals surface area contributed by atoms with Crippen molar-refractivity contribution in [1.82, 2.24) is 10.3 Å². The Morgan fingerprint density at radius 3 is 3.06 bits per heavy atom. The molecule has 0 spiro atoms. The molecule has 0 aromatic carbocycles. The molecule has 1 N–H and O–H groups in total. The van der Waals surface area contributed by atoms with Crippen molar-refractivity contribution in [3.05, 3.63) is 29.0 Å². The number of aromatic nitrogens is 1. The fourth-order valence-corrected chi connectivity index (χ4v) is 1.93. The topological polar surface area (TPSA) is 60.5 Å². The zero-order chi connectivity index (χ0) is 13.2. The largest absolute Gasteiger partial charge is 0.349 e. The number of nitrogens with one attached hydrogen (secondary N) is 1. The van der Waals surface area contributed by atoms with Gasteiger partial charge in [-0.05, 0) is 19.9 Å². The number of hydrogen-bond donors (Lipinski definition) is 1. The van der Waals surface area contributed by atoms with E-state index in [4.69, 9.17) is 21.1 Å². The number of pyridine rings is 1. The first-order valence-corrected chi connectivity index (χ1v) is 6.05. The Kier molecular flexibility index (Phi) is 3.85. The first-order chi connectivity index (χ1) is 8.48. The lowest BCUT2D eigenvalue weighted by Crippen LogP contribution is -2.34. The number of hydrogen-bond acceptors (Lipinski definition) is 4. The van der Waals surface area contributed by atoms with Gasteiger partial charge in [-0.15, -0.1) is 0 Å². The summed E-state index contributed by atoms with van der Waals surface area (Å²) in [7, 11) is 0. The highest BCUT2D eigenvalue weighted by molar-refractivity contribution is 6.33. The van der Waals surface area contributed by atoms with Crippen LogP contribution in [-0.4, -0.2) is 35.9 Å². The highest BCUT2D eigenvalue weighted by Gasteiger charge is 2.32. The summed E-state index contributed by atoms with van der Waals surface area (Å²) in [5.74, 6) is -0.820. The zero-order valence-corrected chi connectivity index (χ0v) is 11.0. The van der Waals surface area contributed by atoms with E-state index in [2.05, 4.69) is 10.3 Å². The van der Waals surface area contributed by atoms with Crippen LogP contribution in [0, 0.1) is 0 Å². The lowest BCUT2D eigenvalue weighted by Gasteiger charge is -2.17. The number of carbonyl (C=O) groups is 1. The van der Waals surface area contributed by atoms with Crippen LogP contribution in [0.1, 0.15) is 24.2 Å². The highest BCUT2D eigenvalue weighted by Crippen LogP contribution is 2.21. The summed E-state index contributed by atoms with van der Waals surface area (Å²) in [5, 5.41) is 3.10. The average molecular weight is 271 g/mol. The van der Waals surface area contributed by atoms with Crippen LogP contribution in [0.5, 0.6) is 0 Å². The number of amides is 1. The molecule has 1 aliphatic heterocycles. The van der Waals surface area contributed by atoms with Gasteiger partial charge in [0.2, 0.25) is 0 Å². The molecule has 1 amide bonds. The Bertz CT molecular complexity index is 451. The van der Waals surface area contributed by atoms with Gasteiger partial charge < -0.3 is 14.8 Å². The maximum absolute atomic E-state index is 11.9. The fraction of sp³-hybridized carbons (Fsp3) is 0.500. The molecule has 1 unspecified atom stereocenters. The van der Waals surface area contributed by atoms with Crippen molar-refractivity contribution < 1.29 is 14.3 Å². The molecule has 1 saturated heterocycles. The van der Waals surface area contributed by atoms with Crippen LogP contribution < -0.4 is 5.32 Å². The second kappa shape index (κ2) is 5.22. The van der Waals surface area contributed by atoms with Crippen LogP contribution in [0.3, 0.4) is 0 Å². The van der Waals surface area contributed by atoms with Gasteiger partial charge in [-0.3, -0.25) is 9.78 Å². The fourth-order valence-electron chi connectivity index (χ4n) is 1.72. The number of nitrogens with zero attached hydrogens (tertiary/aromatic N) is 1. The molecule has 1 atom stereocenters. The van der Waals surface area contributed by atoms with Crippen LogP contribution in [0.15, 0.2) is 18.5 Å². The SMILES string of the molecule is CC1(C)OCC(CNC(=O)c2ccncc2Cl)O1. The normalized spacial score (nSPS) is 21.8. The van der Waals surface area contributed by atoms with E-state index in [1.54, 1.807) is 6.07 Å². The number of carbonyl (C=O) groups excluding carboxylic acids is 1. The molecule has 2 heterocycles. The molecule has 98 valence electrons. The third-order valence-corrected chi connectivity index (χ3v) is 2.88. The first-order valence-electron chi connectivity index (χ1n) is 5.67. The van der Waals surface area contributed by atoms with Crippen LogP contribution in [-0.2, 0) is 9.47 Å². The van der Waals surface area contributed by atoms with Crippen LogP contribution >= 0.6 is 11.6 Å². The van der Waals surface area contributed by atoms with E-state index in [9.17, 15) is 4.79 Å². The third-order valence-electron chi connectivity index (χ3n) is 2.57. The van der Waals surface area contributed by atoms with Crippen LogP contribution in [0.4, 0.5) is 0 Å². The summed E-state index contributed by atoms with van der Waals surface area (Å²) in [6.07, 6.45) is 2.83. The maximum Gasteiger partial charge on any atom is 0.253 e. The summed E-state index contributed by atoms with van der Waals surface area (Å²) >= 11 is 5.88. The second-order valence-corrected chi connectivity index (χ2v) is 4.92. The molecule has 6 heteroatoms. The number of halogens is 1. The van der Waals surface area contributed by atoms with E-state index in [1.807, 2.05) is 13.8 Å². The smallest absolute Gasteiger partial charge is 0.253 e. The van der Waals surface area contributed by atoms with Crippen molar-refractivity contribution in [3.8, 4) is 0 Å². The molecule has 18 heavy (non-hydrogen) atoms. The lowest BCUT2D eigenvalue weighted by atomic mass is 10.2. The maximum atomic E-state index is 11.9. The van der Waals surface area contributed by atoms with Crippen LogP contribution in [0.2, 0.25) is 5.02 Å². The number of ether oxygens (including phenoxy) is 2. The van der Waals surface area contributed by atoms with Gasteiger partial charge in [0, 0.05) is 18.9 Å². The van der Waals surface area contributed by atoms with Crippen molar-refractivity contribution in [2.45, 2.75) is 25.7 Å². The third kappa shape index (κ3) is 3.19. The predicted octanol–water partition coefficient (Wildman–Crippen LogP) is 1.62. The summed E-state index contributed by atoms with van der Waals surface area (Å²) in [4.78, 5) is 15.7. The quantitative estimate of drug-likeness (QED) is 0.907. The van der Waals surface area contributed by atoms with E-state index >= 15 is 0 Å². The Hall–Kier alpha value is -1.17. The molecule has 1 aromatic heterocycles. The molecule has 0 radical (unpaired) electrons. The zero-order valence-electron chi connectivity index (χ0n) is 10.3. The van der Waals surface area contributed by atoms with Gasteiger partial charge in [0.1, 0.15) is 6.10 Å². The Balaban J connectivity index is 1.88. The number of rotatable bonds is 3. The van der Waals surface area contributed by atoms with Gasteiger partial charge >= 0.3 is 0 Å². The van der Waals surface area contributed by atoms with E-state index in [1.165, 1.54) is 12.4 Å². The van der Waals surface area contributed by atoms with Gasteiger partial charge in [-0.1, -0.05) is 11.6 Å². The highest BCUT2D eigenvalue weighted by atomic mass is 35.5. The summed E-state index contributed by atoms with van der Waals surface area (Å²) in [5.41, 5.74) is 0.407. The second-order valence-electron chi connectivity index (χ2n) is 4.52. The van der Waals surface area contributed by atoms with Gasteiger partial charge in [0.25, 0.3) is 5.91 Å². The van der Waals surface area contributed by atoms with E-state index in [0.29, 0.717) is 23.7 Å². The summed E-state index contributed by atoms with van der Waals surface area (Å²) in [6.45, 7) is 4.54.